The Morgan fingerprint density at radius 1 is 1.29 bits per heavy atom. The fraction of sp³-hybridized carbons (Fsp3) is 0.333. The van der Waals surface area contributed by atoms with E-state index in [-0.39, 0.29) is 0 Å². The van der Waals surface area contributed by atoms with Gasteiger partial charge in [0.2, 0.25) is 0 Å². The predicted octanol–water partition coefficient (Wildman–Crippen LogP) is 0.309. The zero-order valence-electron chi connectivity index (χ0n) is 7.39. The summed E-state index contributed by atoms with van der Waals surface area (Å²) in [4.78, 5) is 0. The number of anilines is 1. The second kappa shape index (κ2) is 4.61. The Kier molecular flexibility index (Phi) is 3.71. The van der Waals surface area contributed by atoms with Crippen LogP contribution in [0.2, 0.25) is 5.02 Å². The van der Waals surface area contributed by atoms with Crippen LogP contribution in [-0.4, -0.2) is 28.0 Å². The molecule has 0 bridgehead atoms. The average molecular weight is 218 g/mol. The van der Waals surface area contributed by atoms with Crippen molar-refractivity contribution in [3.63, 3.8) is 0 Å². The first-order valence-electron chi connectivity index (χ1n) is 4.07. The third-order valence-electron chi connectivity index (χ3n) is 1.84. The number of nitrogen functional groups attached to an aromatic ring is 1. The fourth-order valence-electron chi connectivity index (χ4n) is 1.13. The zero-order chi connectivity index (χ0) is 10.7. The molecular weight excluding hydrogens is 206 g/mol. The van der Waals surface area contributed by atoms with Gasteiger partial charge in [0.15, 0.2) is 0 Å². The third kappa shape index (κ3) is 2.59. The molecule has 0 aliphatic rings. The van der Waals surface area contributed by atoms with Gasteiger partial charge in [0.05, 0.1) is 6.61 Å². The van der Waals surface area contributed by atoms with Crippen molar-refractivity contribution in [3.05, 3.63) is 28.8 Å². The summed E-state index contributed by atoms with van der Waals surface area (Å²) in [6, 6.07) is 4.51. The quantitative estimate of drug-likeness (QED) is 0.549. The zero-order valence-corrected chi connectivity index (χ0v) is 8.15. The van der Waals surface area contributed by atoms with Gasteiger partial charge in [-0.2, -0.15) is 0 Å². The highest BCUT2D eigenvalue weighted by atomic mass is 35.5. The van der Waals surface area contributed by atoms with Gasteiger partial charge < -0.3 is 21.1 Å². The minimum absolute atomic E-state index is 0.379. The van der Waals surface area contributed by atoms with Crippen molar-refractivity contribution in [3.8, 4) is 0 Å². The van der Waals surface area contributed by atoms with Gasteiger partial charge in [-0.25, -0.2) is 0 Å². The molecule has 1 aromatic carbocycles. The Hall–Kier alpha value is -0.810. The molecule has 4 nitrogen and oxygen atoms in total. The second-order valence-corrected chi connectivity index (χ2v) is 3.45. The number of aliphatic hydroxyl groups is 3. The Bertz CT molecular complexity index is 299. The molecule has 0 spiro atoms. The molecule has 0 fully saturated rings. The highest BCUT2D eigenvalue weighted by molar-refractivity contribution is 6.30. The van der Waals surface area contributed by atoms with E-state index in [9.17, 15) is 10.2 Å². The van der Waals surface area contributed by atoms with Gasteiger partial charge in [-0.3, -0.25) is 0 Å². The lowest BCUT2D eigenvalue weighted by Crippen LogP contribution is -2.22. The van der Waals surface area contributed by atoms with Crippen LogP contribution in [0.4, 0.5) is 5.69 Å². The molecule has 1 aromatic rings. The number of hydrogen-bond donors (Lipinski definition) is 4. The maximum atomic E-state index is 9.51. The molecule has 2 unspecified atom stereocenters. The third-order valence-corrected chi connectivity index (χ3v) is 2.05. The number of aliphatic hydroxyl groups excluding tert-OH is 3. The van der Waals surface area contributed by atoms with Crippen LogP contribution in [-0.2, 0) is 0 Å². The van der Waals surface area contributed by atoms with Gasteiger partial charge in [0, 0.05) is 10.7 Å². The predicted molar refractivity (Wildman–Crippen MR) is 53.9 cm³/mol. The lowest BCUT2D eigenvalue weighted by Gasteiger charge is -2.16. The normalized spacial score (nSPS) is 15.1. The van der Waals surface area contributed by atoms with Gasteiger partial charge in [0.1, 0.15) is 12.2 Å². The van der Waals surface area contributed by atoms with E-state index < -0.39 is 18.8 Å². The van der Waals surface area contributed by atoms with Gasteiger partial charge in [-0.1, -0.05) is 11.6 Å². The molecular formula is C9H12ClNO3. The summed E-state index contributed by atoms with van der Waals surface area (Å²) in [5.74, 6) is 0. The summed E-state index contributed by atoms with van der Waals surface area (Å²) >= 11 is 5.71. The van der Waals surface area contributed by atoms with E-state index in [1.807, 2.05) is 0 Å². The van der Waals surface area contributed by atoms with Gasteiger partial charge in [-0.05, 0) is 23.8 Å². The van der Waals surface area contributed by atoms with E-state index in [1.54, 1.807) is 0 Å². The second-order valence-electron chi connectivity index (χ2n) is 3.01. The van der Waals surface area contributed by atoms with Crippen molar-refractivity contribution in [2.45, 2.75) is 12.2 Å². The molecule has 0 heterocycles. The standard InChI is InChI=1S/C9H12ClNO3/c10-6-1-5(2-7(11)3-6)9(14)8(13)4-12/h1-3,8-9,12-14H,4,11H2. The summed E-state index contributed by atoms with van der Waals surface area (Å²) < 4.78 is 0. The highest BCUT2D eigenvalue weighted by Gasteiger charge is 2.17. The van der Waals surface area contributed by atoms with Crippen molar-refractivity contribution in [2.24, 2.45) is 0 Å². The van der Waals surface area contributed by atoms with E-state index in [0.29, 0.717) is 16.3 Å². The topological polar surface area (TPSA) is 86.7 Å². The Morgan fingerprint density at radius 2 is 1.93 bits per heavy atom. The van der Waals surface area contributed by atoms with Crippen LogP contribution in [0, 0.1) is 0 Å². The van der Waals surface area contributed by atoms with Gasteiger partial charge in [-0.15, -0.1) is 0 Å². The molecule has 0 aromatic heterocycles. The summed E-state index contributed by atoms with van der Waals surface area (Å²) in [6.07, 6.45) is -2.41. The van der Waals surface area contributed by atoms with Crippen LogP contribution < -0.4 is 5.73 Å². The highest BCUT2D eigenvalue weighted by Crippen LogP contribution is 2.23. The monoisotopic (exact) mass is 217 g/mol. The number of halogens is 1. The van der Waals surface area contributed by atoms with Crippen molar-refractivity contribution in [2.75, 3.05) is 12.3 Å². The van der Waals surface area contributed by atoms with Crippen LogP contribution >= 0.6 is 11.6 Å². The minimum Gasteiger partial charge on any atom is -0.399 e. The first-order valence-corrected chi connectivity index (χ1v) is 4.45. The Labute approximate surface area is 86.6 Å². The molecule has 0 amide bonds. The first-order chi connectivity index (χ1) is 6.54. The summed E-state index contributed by atoms with van der Waals surface area (Å²) in [6.45, 7) is -0.520. The van der Waals surface area contributed by atoms with Crippen molar-refractivity contribution < 1.29 is 15.3 Å². The molecule has 0 radical (unpaired) electrons. The molecule has 5 N–H and O–H groups in total. The van der Waals surface area contributed by atoms with E-state index >= 15 is 0 Å². The van der Waals surface area contributed by atoms with Crippen LogP contribution in [0.25, 0.3) is 0 Å². The largest absolute Gasteiger partial charge is 0.399 e. The van der Waals surface area contributed by atoms with Crippen LogP contribution in [0.3, 0.4) is 0 Å². The smallest absolute Gasteiger partial charge is 0.107 e. The maximum Gasteiger partial charge on any atom is 0.107 e. The lowest BCUT2D eigenvalue weighted by atomic mass is 10.0. The first kappa shape index (κ1) is 11.3. The van der Waals surface area contributed by atoms with Crippen molar-refractivity contribution in [1.82, 2.24) is 0 Å². The van der Waals surface area contributed by atoms with E-state index in [1.165, 1.54) is 18.2 Å². The molecule has 0 saturated carbocycles. The number of nitrogens with two attached hydrogens (primary N) is 1. The molecule has 2 atom stereocenters. The Balaban J connectivity index is 2.94. The molecule has 1 rings (SSSR count). The molecule has 78 valence electrons. The SMILES string of the molecule is Nc1cc(Cl)cc(C(O)C(O)CO)c1. The number of rotatable bonds is 3. The van der Waals surface area contributed by atoms with E-state index in [0.717, 1.165) is 0 Å². The molecule has 0 saturated heterocycles. The summed E-state index contributed by atoms with van der Waals surface area (Å²) in [7, 11) is 0. The van der Waals surface area contributed by atoms with Gasteiger partial charge in [0.25, 0.3) is 0 Å². The number of hydrogen-bond acceptors (Lipinski definition) is 4. The lowest BCUT2D eigenvalue weighted by molar-refractivity contribution is -0.0152. The van der Waals surface area contributed by atoms with E-state index in [2.05, 4.69) is 0 Å². The van der Waals surface area contributed by atoms with Crippen molar-refractivity contribution >= 4 is 17.3 Å². The van der Waals surface area contributed by atoms with Crippen molar-refractivity contribution in [1.29, 1.82) is 0 Å². The summed E-state index contributed by atoms with van der Waals surface area (Å²) in [5.41, 5.74) is 6.28. The fourth-order valence-corrected chi connectivity index (χ4v) is 1.38. The average Bonchev–Trinajstić information content (AvgIpc) is 2.14. The molecule has 0 aliphatic carbocycles. The minimum atomic E-state index is -1.23. The van der Waals surface area contributed by atoms with Gasteiger partial charge >= 0.3 is 0 Å². The molecule has 0 aliphatic heterocycles. The maximum absolute atomic E-state index is 9.51. The van der Waals surface area contributed by atoms with Crippen LogP contribution in [0.15, 0.2) is 18.2 Å². The number of benzene rings is 1. The summed E-state index contributed by atoms with van der Waals surface area (Å²) in [5, 5.41) is 27.7. The van der Waals surface area contributed by atoms with E-state index in [4.69, 9.17) is 22.4 Å². The Morgan fingerprint density at radius 3 is 2.43 bits per heavy atom. The van der Waals surface area contributed by atoms with Crippen LogP contribution in [0.5, 0.6) is 0 Å². The molecule has 14 heavy (non-hydrogen) atoms. The molecule has 5 heteroatoms. The van der Waals surface area contributed by atoms with Crippen LogP contribution in [0.1, 0.15) is 11.7 Å².